The fourth-order valence-corrected chi connectivity index (χ4v) is 3.38. The first-order valence-electron chi connectivity index (χ1n) is 10.0. The van der Waals surface area contributed by atoms with Crippen LogP contribution < -0.4 is 10.6 Å². The van der Waals surface area contributed by atoms with Crippen molar-refractivity contribution in [1.29, 1.82) is 0 Å². The van der Waals surface area contributed by atoms with Crippen LogP contribution in [0.5, 0.6) is 0 Å². The average molecular weight is 432 g/mol. The third-order valence-electron chi connectivity index (χ3n) is 4.99. The van der Waals surface area contributed by atoms with E-state index in [0.29, 0.717) is 23.0 Å². The zero-order valence-electron chi connectivity index (χ0n) is 17.0. The maximum atomic E-state index is 12.7. The second-order valence-corrected chi connectivity index (χ2v) is 7.63. The molecule has 4 rings (SSSR count). The molecule has 0 aliphatic heterocycles. The molecule has 3 aromatic carbocycles. The van der Waals surface area contributed by atoms with E-state index in [9.17, 15) is 4.79 Å². The lowest BCUT2D eigenvalue weighted by atomic mass is 10.1. The molecule has 5 nitrogen and oxygen atoms in total. The van der Waals surface area contributed by atoms with Gasteiger partial charge in [0.1, 0.15) is 0 Å². The van der Waals surface area contributed by atoms with Gasteiger partial charge in [-0.05, 0) is 30.2 Å². The van der Waals surface area contributed by atoms with Crippen LogP contribution in [0, 0.1) is 0 Å². The molecule has 0 aliphatic carbocycles. The molecule has 0 bridgehead atoms. The van der Waals surface area contributed by atoms with E-state index in [1.165, 1.54) is 5.56 Å². The van der Waals surface area contributed by atoms with Crippen molar-refractivity contribution >= 4 is 23.2 Å². The van der Waals surface area contributed by atoms with Gasteiger partial charge in [-0.2, -0.15) is 0 Å². The van der Waals surface area contributed by atoms with Gasteiger partial charge < -0.3 is 15.2 Å². The minimum atomic E-state index is -0.379. The maximum absolute atomic E-state index is 12.7. The number of benzene rings is 3. The topological polar surface area (TPSA) is 67.2 Å². The van der Waals surface area contributed by atoms with Crippen LogP contribution in [-0.2, 0) is 6.54 Å². The van der Waals surface area contributed by atoms with Crippen LogP contribution in [0.1, 0.15) is 34.6 Å². The Kier molecular flexibility index (Phi) is 6.46. The number of amides is 1. The van der Waals surface area contributed by atoms with Crippen molar-refractivity contribution in [3.05, 3.63) is 107 Å². The van der Waals surface area contributed by atoms with Crippen molar-refractivity contribution in [2.24, 2.45) is 0 Å². The van der Waals surface area contributed by atoms with Gasteiger partial charge in [-0.15, -0.1) is 0 Å². The second-order valence-electron chi connectivity index (χ2n) is 7.22. The molecule has 156 valence electrons. The first-order valence-corrected chi connectivity index (χ1v) is 10.4. The van der Waals surface area contributed by atoms with Crippen molar-refractivity contribution < 1.29 is 9.32 Å². The highest BCUT2D eigenvalue weighted by atomic mass is 35.5. The molecular weight excluding hydrogens is 410 g/mol. The van der Waals surface area contributed by atoms with Crippen LogP contribution in [0.3, 0.4) is 0 Å². The standard InChI is InChI=1S/C25H22ClN3O2/c1-17(19-8-4-2-5-9-19)27-16-18-12-13-21(26)22(14-18)28-25(30)23-15-24(31-29-23)20-10-6-3-7-11-20/h2-15,17,27H,16H2,1H3,(H,28,30)/t17-/m1/s1. The molecule has 0 aliphatic rings. The van der Waals surface area contributed by atoms with Crippen molar-refractivity contribution in [3.63, 3.8) is 0 Å². The minimum Gasteiger partial charge on any atom is -0.355 e. The molecule has 0 radical (unpaired) electrons. The quantitative estimate of drug-likeness (QED) is 0.371. The van der Waals surface area contributed by atoms with Crippen molar-refractivity contribution in [2.75, 3.05) is 5.32 Å². The summed E-state index contributed by atoms with van der Waals surface area (Å²) in [5, 5.41) is 10.7. The molecule has 6 heteroatoms. The number of anilines is 1. The zero-order chi connectivity index (χ0) is 21.6. The number of hydrogen-bond acceptors (Lipinski definition) is 4. The maximum Gasteiger partial charge on any atom is 0.277 e. The van der Waals surface area contributed by atoms with E-state index >= 15 is 0 Å². The van der Waals surface area contributed by atoms with Gasteiger partial charge in [0.25, 0.3) is 5.91 Å². The first-order chi connectivity index (χ1) is 15.1. The largest absolute Gasteiger partial charge is 0.355 e. The molecule has 1 aromatic heterocycles. The number of carbonyl (C=O) groups is 1. The predicted octanol–water partition coefficient (Wildman–Crippen LogP) is 6.10. The predicted molar refractivity (Wildman–Crippen MR) is 123 cm³/mol. The van der Waals surface area contributed by atoms with Gasteiger partial charge in [0.2, 0.25) is 0 Å². The fourth-order valence-electron chi connectivity index (χ4n) is 3.22. The molecule has 1 atom stereocenters. The molecule has 0 saturated carbocycles. The summed E-state index contributed by atoms with van der Waals surface area (Å²) < 4.78 is 5.32. The zero-order valence-corrected chi connectivity index (χ0v) is 17.8. The Labute approximate surface area is 186 Å². The Morgan fingerprint density at radius 3 is 2.45 bits per heavy atom. The van der Waals surface area contributed by atoms with Gasteiger partial charge in [-0.25, -0.2) is 0 Å². The van der Waals surface area contributed by atoms with Gasteiger partial charge >= 0.3 is 0 Å². The fraction of sp³-hybridized carbons (Fsp3) is 0.120. The highest BCUT2D eigenvalue weighted by molar-refractivity contribution is 6.33. The van der Waals surface area contributed by atoms with E-state index in [2.05, 4.69) is 34.8 Å². The van der Waals surface area contributed by atoms with E-state index in [1.807, 2.05) is 60.7 Å². The molecule has 4 aromatic rings. The lowest BCUT2D eigenvalue weighted by Gasteiger charge is -2.15. The van der Waals surface area contributed by atoms with Crippen LogP contribution in [0.25, 0.3) is 11.3 Å². The lowest BCUT2D eigenvalue weighted by molar-refractivity contribution is 0.101. The summed E-state index contributed by atoms with van der Waals surface area (Å²) >= 11 is 6.31. The Hall–Kier alpha value is -3.41. The van der Waals surface area contributed by atoms with Crippen LogP contribution >= 0.6 is 11.6 Å². The summed E-state index contributed by atoms with van der Waals surface area (Å²) in [5.41, 5.74) is 3.80. The van der Waals surface area contributed by atoms with Crippen molar-refractivity contribution in [2.45, 2.75) is 19.5 Å². The van der Waals surface area contributed by atoms with Crippen LogP contribution in [-0.4, -0.2) is 11.1 Å². The SMILES string of the molecule is C[C@@H](NCc1ccc(Cl)c(NC(=O)c2cc(-c3ccccc3)on2)c1)c1ccccc1. The van der Waals surface area contributed by atoms with E-state index < -0.39 is 0 Å². The second kappa shape index (κ2) is 9.60. The molecule has 1 heterocycles. The van der Waals surface area contributed by atoms with Crippen molar-refractivity contribution in [1.82, 2.24) is 10.5 Å². The molecule has 0 unspecified atom stereocenters. The van der Waals surface area contributed by atoms with Crippen LogP contribution in [0.4, 0.5) is 5.69 Å². The smallest absolute Gasteiger partial charge is 0.277 e. The van der Waals surface area contributed by atoms with E-state index in [4.69, 9.17) is 16.1 Å². The summed E-state index contributed by atoms with van der Waals surface area (Å²) in [5.74, 6) is 0.153. The van der Waals surface area contributed by atoms with Gasteiger partial charge in [0.15, 0.2) is 11.5 Å². The van der Waals surface area contributed by atoms with E-state index in [-0.39, 0.29) is 17.6 Å². The highest BCUT2D eigenvalue weighted by Gasteiger charge is 2.15. The molecule has 0 spiro atoms. The highest BCUT2D eigenvalue weighted by Crippen LogP contribution is 2.25. The molecule has 2 N–H and O–H groups in total. The third-order valence-corrected chi connectivity index (χ3v) is 5.32. The van der Waals surface area contributed by atoms with E-state index in [0.717, 1.165) is 11.1 Å². The Morgan fingerprint density at radius 1 is 1.00 bits per heavy atom. The Morgan fingerprint density at radius 2 is 1.71 bits per heavy atom. The number of nitrogens with one attached hydrogen (secondary N) is 2. The molecular formula is C25H22ClN3O2. The summed E-state index contributed by atoms with van der Waals surface area (Å²) in [6.07, 6.45) is 0. The van der Waals surface area contributed by atoms with Crippen LogP contribution in [0.2, 0.25) is 5.02 Å². The molecule has 0 saturated heterocycles. The summed E-state index contributed by atoms with van der Waals surface area (Å²) in [4.78, 5) is 12.7. The number of rotatable bonds is 7. The van der Waals surface area contributed by atoms with Crippen molar-refractivity contribution in [3.8, 4) is 11.3 Å². The molecule has 31 heavy (non-hydrogen) atoms. The Balaban J connectivity index is 1.43. The first kappa shape index (κ1) is 20.8. The molecule has 1 amide bonds. The van der Waals surface area contributed by atoms with Gasteiger partial charge in [-0.1, -0.05) is 83.5 Å². The number of hydrogen-bond donors (Lipinski definition) is 2. The average Bonchev–Trinajstić information content (AvgIpc) is 3.31. The summed E-state index contributed by atoms with van der Waals surface area (Å²) in [6.45, 7) is 2.75. The lowest BCUT2D eigenvalue weighted by Crippen LogP contribution is -2.18. The third kappa shape index (κ3) is 5.20. The summed E-state index contributed by atoms with van der Waals surface area (Å²) in [6, 6.07) is 27.1. The van der Waals surface area contributed by atoms with Crippen LogP contribution in [0.15, 0.2) is 89.5 Å². The summed E-state index contributed by atoms with van der Waals surface area (Å²) in [7, 11) is 0. The minimum absolute atomic E-state index is 0.191. The number of halogens is 1. The molecule has 0 fully saturated rings. The van der Waals surface area contributed by atoms with Gasteiger partial charge in [-0.3, -0.25) is 4.79 Å². The van der Waals surface area contributed by atoms with Gasteiger partial charge in [0, 0.05) is 24.2 Å². The normalized spacial score (nSPS) is 11.8. The number of carbonyl (C=O) groups excluding carboxylic acids is 1. The number of aromatic nitrogens is 1. The van der Waals surface area contributed by atoms with E-state index in [1.54, 1.807) is 12.1 Å². The van der Waals surface area contributed by atoms with Gasteiger partial charge in [0.05, 0.1) is 10.7 Å². The Bertz CT molecular complexity index is 1160. The monoisotopic (exact) mass is 431 g/mol. The number of nitrogens with zero attached hydrogens (tertiary/aromatic N) is 1.